The highest BCUT2D eigenvalue weighted by atomic mass is 16.5. The summed E-state index contributed by atoms with van der Waals surface area (Å²) in [6.45, 7) is 9.85. The Morgan fingerprint density at radius 2 is 2.05 bits per heavy atom. The minimum Gasteiger partial charge on any atom is -0.378 e. The van der Waals surface area contributed by atoms with Crippen LogP contribution in [0.5, 0.6) is 0 Å². The second kappa shape index (κ2) is 6.53. The van der Waals surface area contributed by atoms with Crippen molar-refractivity contribution in [2.75, 3.05) is 26.3 Å². The van der Waals surface area contributed by atoms with Gasteiger partial charge in [-0.25, -0.2) is 0 Å². The van der Waals surface area contributed by atoms with E-state index < -0.39 is 0 Å². The number of nitrogens with zero attached hydrogens (tertiary/aromatic N) is 2. The monoisotopic (exact) mass is 258 g/mol. The molecule has 0 spiro atoms. The van der Waals surface area contributed by atoms with Gasteiger partial charge in [-0.05, 0) is 39.0 Å². The third-order valence-corrected chi connectivity index (χ3v) is 3.22. The molecule has 1 saturated heterocycles. The van der Waals surface area contributed by atoms with E-state index in [-0.39, 0.29) is 0 Å². The van der Waals surface area contributed by atoms with Crippen LogP contribution in [-0.2, 0) is 4.74 Å². The molecule has 0 N–H and O–H groups in total. The number of hydrogen-bond donors (Lipinski definition) is 0. The summed E-state index contributed by atoms with van der Waals surface area (Å²) in [5.41, 5.74) is 4.86. The van der Waals surface area contributed by atoms with E-state index in [1.807, 2.05) is 25.3 Å². The highest BCUT2D eigenvalue weighted by Gasteiger charge is 2.18. The van der Waals surface area contributed by atoms with Gasteiger partial charge in [0.05, 0.1) is 18.9 Å². The van der Waals surface area contributed by atoms with Crippen molar-refractivity contribution >= 4 is 11.8 Å². The van der Waals surface area contributed by atoms with Crippen molar-refractivity contribution in [2.24, 2.45) is 0 Å². The lowest BCUT2D eigenvalue weighted by Crippen LogP contribution is -2.35. The van der Waals surface area contributed by atoms with E-state index in [1.165, 1.54) is 16.8 Å². The topological polar surface area (TPSA) is 25.4 Å². The fourth-order valence-electron chi connectivity index (χ4n) is 2.45. The van der Waals surface area contributed by atoms with Crippen LogP contribution in [-0.4, -0.2) is 36.2 Å². The van der Waals surface area contributed by atoms with E-state index in [0.717, 1.165) is 32.0 Å². The maximum absolute atomic E-state index is 5.45. The van der Waals surface area contributed by atoms with Gasteiger partial charge in [-0.1, -0.05) is 11.6 Å². The molecule has 1 aliphatic heterocycles. The lowest BCUT2D eigenvalue weighted by molar-refractivity contribution is 0.0637. The van der Waals surface area contributed by atoms with E-state index in [0.29, 0.717) is 0 Å². The Balaban J connectivity index is 2.43. The molecule has 3 nitrogen and oxygen atoms in total. The average molecular weight is 258 g/mol. The molecule has 1 aliphatic rings. The molecule has 2 heterocycles. The zero-order valence-corrected chi connectivity index (χ0v) is 12.0. The van der Waals surface area contributed by atoms with Crippen LogP contribution in [0.4, 0.5) is 0 Å². The van der Waals surface area contributed by atoms with Crippen molar-refractivity contribution in [1.29, 1.82) is 0 Å². The maximum atomic E-state index is 5.45. The van der Waals surface area contributed by atoms with Gasteiger partial charge in [-0.2, -0.15) is 0 Å². The number of ether oxygens (including phenoxy) is 1. The number of pyridine rings is 1. The van der Waals surface area contributed by atoms with Crippen LogP contribution >= 0.6 is 0 Å². The number of hydrogen-bond acceptors (Lipinski definition) is 3. The Labute approximate surface area is 115 Å². The van der Waals surface area contributed by atoms with Crippen molar-refractivity contribution in [2.45, 2.75) is 20.8 Å². The van der Waals surface area contributed by atoms with Crippen molar-refractivity contribution < 1.29 is 4.74 Å². The standard InChI is InChI=1S/C16H22N2O/c1-4-6-15-14(7-5-8-17-15)16(13(2)3)18-9-11-19-12-10-18/h4-8H,9-12H2,1-3H3. The van der Waals surface area contributed by atoms with Crippen LogP contribution in [0.25, 0.3) is 11.8 Å². The van der Waals surface area contributed by atoms with Crippen LogP contribution in [0.1, 0.15) is 32.0 Å². The predicted molar refractivity (Wildman–Crippen MR) is 79.6 cm³/mol. The summed E-state index contributed by atoms with van der Waals surface area (Å²) in [4.78, 5) is 6.89. The molecule has 2 rings (SSSR count). The summed E-state index contributed by atoms with van der Waals surface area (Å²) < 4.78 is 5.45. The van der Waals surface area contributed by atoms with Gasteiger partial charge in [-0.3, -0.25) is 4.98 Å². The van der Waals surface area contributed by atoms with Gasteiger partial charge in [0.1, 0.15) is 0 Å². The van der Waals surface area contributed by atoms with E-state index in [1.54, 1.807) is 0 Å². The first-order valence-corrected chi connectivity index (χ1v) is 6.82. The SMILES string of the molecule is CC=Cc1ncccc1C(=C(C)C)N1CCOCC1. The van der Waals surface area contributed by atoms with Crippen LogP contribution in [0.2, 0.25) is 0 Å². The summed E-state index contributed by atoms with van der Waals surface area (Å²) in [5, 5.41) is 0. The molecule has 19 heavy (non-hydrogen) atoms. The molecule has 0 aromatic carbocycles. The first kappa shape index (κ1) is 13.8. The molecule has 3 heteroatoms. The van der Waals surface area contributed by atoms with Crippen molar-refractivity contribution in [3.63, 3.8) is 0 Å². The van der Waals surface area contributed by atoms with Gasteiger partial charge < -0.3 is 9.64 Å². The zero-order chi connectivity index (χ0) is 13.7. The number of allylic oxidation sites excluding steroid dienone is 2. The molecule has 0 aliphatic carbocycles. The number of rotatable bonds is 3. The number of morpholine rings is 1. The molecule has 0 atom stereocenters. The second-order valence-electron chi connectivity index (χ2n) is 4.88. The Morgan fingerprint density at radius 3 is 2.68 bits per heavy atom. The molecule has 0 saturated carbocycles. The van der Waals surface area contributed by atoms with Gasteiger partial charge in [-0.15, -0.1) is 0 Å². The van der Waals surface area contributed by atoms with E-state index in [4.69, 9.17) is 4.74 Å². The molecule has 1 aromatic heterocycles. The van der Waals surface area contributed by atoms with Gasteiger partial charge in [0.2, 0.25) is 0 Å². The Morgan fingerprint density at radius 1 is 1.32 bits per heavy atom. The maximum Gasteiger partial charge on any atom is 0.0719 e. The highest BCUT2D eigenvalue weighted by Crippen LogP contribution is 2.26. The first-order valence-electron chi connectivity index (χ1n) is 6.82. The third kappa shape index (κ3) is 3.24. The average Bonchev–Trinajstić information content (AvgIpc) is 2.42. The summed E-state index contributed by atoms with van der Waals surface area (Å²) in [6.07, 6.45) is 5.95. The minimum absolute atomic E-state index is 0.802. The highest BCUT2D eigenvalue weighted by molar-refractivity contribution is 5.73. The largest absolute Gasteiger partial charge is 0.378 e. The second-order valence-corrected chi connectivity index (χ2v) is 4.88. The zero-order valence-electron chi connectivity index (χ0n) is 12.0. The lowest BCUT2D eigenvalue weighted by Gasteiger charge is -2.32. The molecule has 0 unspecified atom stereocenters. The van der Waals surface area contributed by atoms with Crippen LogP contribution in [0.15, 0.2) is 30.0 Å². The summed E-state index contributed by atoms with van der Waals surface area (Å²) in [6, 6.07) is 4.16. The Kier molecular flexibility index (Phi) is 4.74. The summed E-state index contributed by atoms with van der Waals surface area (Å²) in [7, 11) is 0. The molecule has 0 radical (unpaired) electrons. The number of aromatic nitrogens is 1. The van der Waals surface area contributed by atoms with Gasteiger partial charge >= 0.3 is 0 Å². The normalized spacial score (nSPS) is 15.8. The Bertz CT molecular complexity index is 481. The van der Waals surface area contributed by atoms with Crippen molar-refractivity contribution in [3.05, 3.63) is 41.2 Å². The molecule has 1 aromatic rings. The first-order chi connectivity index (χ1) is 9.24. The molecule has 0 bridgehead atoms. The summed E-state index contributed by atoms with van der Waals surface area (Å²) in [5.74, 6) is 0. The van der Waals surface area contributed by atoms with Crippen LogP contribution < -0.4 is 0 Å². The summed E-state index contributed by atoms with van der Waals surface area (Å²) >= 11 is 0. The third-order valence-electron chi connectivity index (χ3n) is 3.22. The predicted octanol–water partition coefficient (Wildman–Crippen LogP) is 3.20. The van der Waals surface area contributed by atoms with Crippen LogP contribution in [0, 0.1) is 0 Å². The van der Waals surface area contributed by atoms with Crippen molar-refractivity contribution in [3.8, 4) is 0 Å². The molecular formula is C16H22N2O. The van der Waals surface area contributed by atoms with Gasteiger partial charge in [0.25, 0.3) is 0 Å². The quantitative estimate of drug-likeness (QED) is 0.832. The van der Waals surface area contributed by atoms with E-state index >= 15 is 0 Å². The lowest BCUT2D eigenvalue weighted by atomic mass is 10.0. The van der Waals surface area contributed by atoms with Crippen molar-refractivity contribution in [1.82, 2.24) is 9.88 Å². The minimum atomic E-state index is 0.802. The van der Waals surface area contributed by atoms with Gasteiger partial charge in [0.15, 0.2) is 0 Å². The fraction of sp³-hybridized carbons (Fsp3) is 0.438. The van der Waals surface area contributed by atoms with E-state index in [2.05, 4.69) is 35.9 Å². The van der Waals surface area contributed by atoms with Gasteiger partial charge in [0, 0.05) is 30.5 Å². The molecule has 1 fully saturated rings. The molecule has 102 valence electrons. The van der Waals surface area contributed by atoms with E-state index in [9.17, 15) is 0 Å². The fourth-order valence-corrected chi connectivity index (χ4v) is 2.45. The Hall–Kier alpha value is -1.61. The smallest absolute Gasteiger partial charge is 0.0719 e. The van der Waals surface area contributed by atoms with Crippen LogP contribution in [0.3, 0.4) is 0 Å². The molecular weight excluding hydrogens is 236 g/mol. The molecule has 0 amide bonds.